The first kappa shape index (κ1) is 19.7. The molecule has 3 aromatic rings. The van der Waals surface area contributed by atoms with Crippen LogP contribution in [0.25, 0.3) is 0 Å². The van der Waals surface area contributed by atoms with Crippen LogP contribution >= 0.6 is 0 Å². The molecule has 0 aromatic carbocycles. The van der Waals surface area contributed by atoms with Crippen molar-refractivity contribution in [3.8, 4) is 0 Å². The van der Waals surface area contributed by atoms with E-state index in [-0.39, 0.29) is 17.3 Å². The highest BCUT2D eigenvalue weighted by Gasteiger charge is 2.44. The summed E-state index contributed by atoms with van der Waals surface area (Å²) in [7, 11) is 1.35. The number of ether oxygens (including phenoxy) is 1. The van der Waals surface area contributed by atoms with Crippen LogP contribution in [0, 0.1) is 5.92 Å². The molecule has 31 heavy (non-hydrogen) atoms. The minimum Gasteiger partial charge on any atom is -0.464 e. The van der Waals surface area contributed by atoms with Gasteiger partial charge in [0.2, 0.25) is 0 Å². The van der Waals surface area contributed by atoms with E-state index in [1.807, 2.05) is 15.4 Å². The molecular weight excluding hydrogens is 398 g/mol. The monoisotopic (exact) mass is 423 g/mol. The zero-order valence-corrected chi connectivity index (χ0v) is 17.5. The number of hydrogen-bond acceptors (Lipinski definition) is 9. The quantitative estimate of drug-likeness (QED) is 0.530. The van der Waals surface area contributed by atoms with Crippen LogP contribution in [-0.4, -0.2) is 59.1 Å². The summed E-state index contributed by atoms with van der Waals surface area (Å²) in [5.74, 6) is 0.826. The maximum absolute atomic E-state index is 12.0. The Labute approximate surface area is 179 Å². The molecule has 0 saturated heterocycles. The first-order valence-electron chi connectivity index (χ1n) is 10.5. The molecule has 5 rings (SSSR count). The van der Waals surface area contributed by atoms with Crippen molar-refractivity contribution in [2.24, 2.45) is 5.92 Å². The second-order valence-corrected chi connectivity index (χ2v) is 8.66. The molecule has 2 aliphatic carbocycles. The lowest BCUT2D eigenvalue weighted by molar-refractivity contribution is 0.0594. The Morgan fingerprint density at radius 1 is 1.39 bits per heavy atom. The average Bonchev–Trinajstić information content (AvgIpc) is 3.16. The highest BCUT2D eigenvalue weighted by atomic mass is 16.5. The van der Waals surface area contributed by atoms with E-state index < -0.39 is 5.97 Å². The first-order valence-corrected chi connectivity index (χ1v) is 10.5. The lowest BCUT2D eigenvalue weighted by atomic mass is 9.79. The Morgan fingerprint density at radius 3 is 2.94 bits per heavy atom. The van der Waals surface area contributed by atoms with Crippen LogP contribution in [0.2, 0.25) is 0 Å². The number of carbonyl (C=O) groups is 1. The van der Waals surface area contributed by atoms with E-state index in [1.165, 1.54) is 7.11 Å². The summed E-state index contributed by atoms with van der Waals surface area (Å²) in [4.78, 5) is 20.2. The molecule has 2 aliphatic rings. The Balaban J connectivity index is 1.38. The molecule has 0 spiro atoms. The van der Waals surface area contributed by atoms with Crippen molar-refractivity contribution in [3.63, 3.8) is 0 Å². The fourth-order valence-electron chi connectivity index (χ4n) is 4.16. The number of esters is 1. The van der Waals surface area contributed by atoms with Crippen LogP contribution in [0.15, 0.2) is 31.0 Å². The standard InChI is InChI=1S/C20H25N9O2/c1-20(4-5-20)29-18(25-26-27-29)17(14-3-6-22-16(9-14)19(30)31-2)24-15-7-13(8-15)10-28-12-21-11-23-28/h3,6,9,11-13,15,17,24H,4-5,7-8,10H2,1-2H3. The molecular formula is C20H25N9O2. The number of carbonyl (C=O) groups excluding carboxylic acids is 1. The molecule has 11 heteroatoms. The van der Waals surface area contributed by atoms with Gasteiger partial charge >= 0.3 is 5.97 Å². The van der Waals surface area contributed by atoms with Crippen LogP contribution < -0.4 is 5.32 Å². The third-order valence-corrected chi connectivity index (χ3v) is 6.30. The summed E-state index contributed by atoms with van der Waals surface area (Å²) in [5, 5.41) is 20.5. The topological polar surface area (TPSA) is 126 Å². The van der Waals surface area contributed by atoms with E-state index >= 15 is 0 Å². The number of methoxy groups -OCH3 is 1. The fourth-order valence-corrected chi connectivity index (χ4v) is 4.16. The molecule has 0 bridgehead atoms. The molecule has 0 amide bonds. The summed E-state index contributed by atoms with van der Waals surface area (Å²) < 4.78 is 8.64. The molecule has 2 saturated carbocycles. The third kappa shape index (κ3) is 3.92. The smallest absolute Gasteiger partial charge is 0.356 e. The van der Waals surface area contributed by atoms with E-state index in [9.17, 15) is 4.79 Å². The van der Waals surface area contributed by atoms with Crippen molar-refractivity contribution in [2.75, 3.05) is 7.11 Å². The number of pyridine rings is 1. The van der Waals surface area contributed by atoms with Gasteiger partial charge in [0, 0.05) is 18.8 Å². The third-order valence-electron chi connectivity index (χ3n) is 6.30. The molecule has 3 heterocycles. The summed E-state index contributed by atoms with van der Waals surface area (Å²) in [5.41, 5.74) is 1.10. The van der Waals surface area contributed by atoms with Gasteiger partial charge in [-0.2, -0.15) is 5.10 Å². The van der Waals surface area contributed by atoms with Gasteiger partial charge in [-0.3, -0.25) is 4.68 Å². The van der Waals surface area contributed by atoms with Gasteiger partial charge in [-0.25, -0.2) is 19.4 Å². The number of nitrogens with zero attached hydrogens (tertiary/aromatic N) is 8. The maximum atomic E-state index is 12.0. The number of nitrogens with one attached hydrogen (secondary N) is 1. The van der Waals surface area contributed by atoms with Crippen LogP contribution in [0.3, 0.4) is 0 Å². The Morgan fingerprint density at radius 2 is 2.23 bits per heavy atom. The molecule has 11 nitrogen and oxygen atoms in total. The number of aromatic nitrogens is 8. The molecule has 0 aliphatic heterocycles. The van der Waals surface area contributed by atoms with E-state index in [2.05, 4.69) is 42.8 Å². The minimum absolute atomic E-state index is 0.0494. The molecule has 1 atom stereocenters. The van der Waals surface area contributed by atoms with Crippen molar-refractivity contribution in [1.82, 2.24) is 45.3 Å². The maximum Gasteiger partial charge on any atom is 0.356 e. The lowest BCUT2D eigenvalue weighted by Crippen LogP contribution is -2.45. The van der Waals surface area contributed by atoms with Gasteiger partial charge in [-0.05, 0) is 66.6 Å². The van der Waals surface area contributed by atoms with Crippen LogP contribution in [-0.2, 0) is 16.8 Å². The predicted octanol–water partition coefficient (Wildman–Crippen LogP) is 1.11. The Hall–Kier alpha value is -3.21. The van der Waals surface area contributed by atoms with E-state index in [0.29, 0.717) is 12.0 Å². The summed E-state index contributed by atoms with van der Waals surface area (Å²) in [6, 6.07) is 3.70. The summed E-state index contributed by atoms with van der Waals surface area (Å²) >= 11 is 0. The van der Waals surface area contributed by atoms with Gasteiger partial charge in [-0.1, -0.05) is 0 Å². The number of rotatable bonds is 8. The van der Waals surface area contributed by atoms with Gasteiger partial charge in [0.1, 0.15) is 18.3 Å². The Kier molecular flexibility index (Phi) is 4.97. The largest absolute Gasteiger partial charge is 0.464 e. The summed E-state index contributed by atoms with van der Waals surface area (Å²) in [6.07, 6.45) is 9.06. The van der Waals surface area contributed by atoms with Crippen molar-refractivity contribution in [3.05, 3.63) is 48.1 Å². The number of tetrazole rings is 1. The second-order valence-electron chi connectivity index (χ2n) is 8.66. The van der Waals surface area contributed by atoms with E-state index in [0.717, 1.165) is 43.6 Å². The zero-order chi connectivity index (χ0) is 21.4. The highest BCUT2D eigenvalue weighted by Crippen LogP contribution is 2.44. The molecule has 1 N–H and O–H groups in total. The number of hydrogen-bond donors (Lipinski definition) is 1. The van der Waals surface area contributed by atoms with Gasteiger partial charge in [0.15, 0.2) is 5.82 Å². The van der Waals surface area contributed by atoms with Gasteiger partial charge < -0.3 is 10.1 Å². The predicted molar refractivity (Wildman–Crippen MR) is 108 cm³/mol. The lowest BCUT2D eigenvalue weighted by Gasteiger charge is -2.38. The average molecular weight is 423 g/mol. The molecule has 3 aromatic heterocycles. The van der Waals surface area contributed by atoms with Crippen LogP contribution in [0.4, 0.5) is 0 Å². The SMILES string of the molecule is COC(=O)c1cc(C(NC2CC(Cn3cncn3)C2)c2nnnn2C2(C)CC2)ccn1. The van der Waals surface area contributed by atoms with Gasteiger partial charge in [0.25, 0.3) is 0 Å². The molecule has 162 valence electrons. The van der Waals surface area contributed by atoms with Crippen molar-refractivity contribution >= 4 is 5.97 Å². The molecule has 2 fully saturated rings. The van der Waals surface area contributed by atoms with E-state index in [1.54, 1.807) is 24.9 Å². The normalized spacial score (nSPS) is 22.5. The van der Waals surface area contributed by atoms with Crippen LogP contribution in [0.1, 0.15) is 60.5 Å². The summed E-state index contributed by atoms with van der Waals surface area (Å²) in [6.45, 7) is 3.02. The first-order chi connectivity index (χ1) is 15.1. The Bertz CT molecular complexity index is 1050. The van der Waals surface area contributed by atoms with E-state index in [4.69, 9.17) is 4.74 Å². The van der Waals surface area contributed by atoms with Gasteiger partial charge in [-0.15, -0.1) is 5.10 Å². The highest BCUT2D eigenvalue weighted by molar-refractivity contribution is 5.87. The minimum atomic E-state index is -0.467. The van der Waals surface area contributed by atoms with Gasteiger partial charge in [0.05, 0.1) is 18.7 Å². The van der Waals surface area contributed by atoms with Crippen molar-refractivity contribution in [1.29, 1.82) is 0 Å². The zero-order valence-electron chi connectivity index (χ0n) is 17.5. The fraction of sp³-hybridized carbons (Fsp3) is 0.550. The second kappa shape index (κ2) is 7.80. The molecule has 0 radical (unpaired) electrons. The van der Waals surface area contributed by atoms with Crippen molar-refractivity contribution < 1.29 is 9.53 Å². The van der Waals surface area contributed by atoms with Crippen molar-refractivity contribution in [2.45, 2.75) is 56.8 Å². The van der Waals surface area contributed by atoms with Crippen LogP contribution in [0.5, 0.6) is 0 Å². The molecule has 1 unspecified atom stereocenters.